The molecular weight excluding hydrogens is 220 g/mol. The molecule has 0 aromatic rings. The first-order valence-corrected chi connectivity index (χ1v) is 8.17. The van der Waals surface area contributed by atoms with E-state index in [2.05, 4.69) is 31.0 Å². The van der Waals surface area contributed by atoms with Crippen molar-refractivity contribution in [3.63, 3.8) is 0 Å². The molecule has 3 unspecified atom stereocenters. The molecule has 0 aromatic carbocycles. The van der Waals surface area contributed by atoms with Crippen molar-refractivity contribution in [1.29, 1.82) is 0 Å². The Morgan fingerprint density at radius 2 is 1.72 bits per heavy atom. The van der Waals surface area contributed by atoms with Crippen LogP contribution in [0.1, 0.15) is 65.7 Å². The van der Waals surface area contributed by atoms with Gasteiger partial charge in [0.1, 0.15) is 0 Å². The maximum Gasteiger partial charge on any atom is 0.00952 e. The lowest BCUT2D eigenvalue weighted by Gasteiger charge is -2.33. The molecule has 2 heteroatoms. The van der Waals surface area contributed by atoms with E-state index in [4.69, 9.17) is 0 Å². The van der Waals surface area contributed by atoms with Crippen molar-refractivity contribution >= 4 is 0 Å². The van der Waals surface area contributed by atoms with Crippen molar-refractivity contribution in [1.82, 2.24) is 10.2 Å². The Morgan fingerprint density at radius 3 is 2.44 bits per heavy atom. The predicted octanol–water partition coefficient (Wildman–Crippen LogP) is 3.42. The summed E-state index contributed by atoms with van der Waals surface area (Å²) >= 11 is 0. The number of likely N-dealkylation sites (tertiary alicyclic amines) is 1. The number of nitrogens with one attached hydrogen (secondary N) is 1. The molecule has 0 radical (unpaired) electrons. The van der Waals surface area contributed by atoms with Crippen LogP contribution in [0.3, 0.4) is 0 Å². The van der Waals surface area contributed by atoms with Crippen molar-refractivity contribution < 1.29 is 0 Å². The van der Waals surface area contributed by atoms with Gasteiger partial charge in [-0.3, -0.25) is 0 Å². The highest BCUT2D eigenvalue weighted by atomic mass is 15.2. The summed E-state index contributed by atoms with van der Waals surface area (Å²) in [6, 6.07) is 2.30. The van der Waals surface area contributed by atoms with Crippen molar-refractivity contribution in [3.8, 4) is 0 Å². The van der Waals surface area contributed by atoms with Gasteiger partial charge in [0, 0.05) is 18.1 Å². The molecule has 0 amide bonds. The van der Waals surface area contributed by atoms with Gasteiger partial charge in [-0.1, -0.05) is 19.8 Å². The molecule has 1 aliphatic carbocycles. The number of rotatable bonds is 3. The quantitative estimate of drug-likeness (QED) is 0.828. The fourth-order valence-electron chi connectivity index (χ4n) is 3.67. The van der Waals surface area contributed by atoms with Gasteiger partial charge in [-0.05, 0) is 65.0 Å². The van der Waals surface area contributed by atoms with E-state index in [0.717, 1.165) is 24.0 Å². The van der Waals surface area contributed by atoms with Crippen LogP contribution in [0.2, 0.25) is 0 Å². The van der Waals surface area contributed by atoms with Gasteiger partial charge in [0.2, 0.25) is 0 Å². The second kappa shape index (κ2) is 6.91. The van der Waals surface area contributed by atoms with E-state index in [-0.39, 0.29) is 0 Å². The van der Waals surface area contributed by atoms with Crippen LogP contribution in [0.5, 0.6) is 0 Å². The van der Waals surface area contributed by atoms with Crippen molar-refractivity contribution in [3.05, 3.63) is 0 Å². The summed E-state index contributed by atoms with van der Waals surface area (Å²) in [5, 5.41) is 3.98. The van der Waals surface area contributed by atoms with E-state index < -0.39 is 0 Å². The van der Waals surface area contributed by atoms with E-state index in [1.54, 1.807) is 0 Å². The minimum Gasteiger partial charge on any atom is -0.311 e. The summed E-state index contributed by atoms with van der Waals surface area (Å²) in [6.45, 7) is 9.69. The van der Waals surface area contributed by atoms with Crippen LogP contribution in [-0.4, -0.2) is 36.1 Å². The monoisotopic (exact) mass is 252 g/mol. The fraction of sp³-hybridized carbons (Fsp3) is 1.00. The Labute approximate surface area is 114 Å². The lowest BCUT2D eigenvalue weighted by Crippen LogP contribution is -2.44. The first kappa shape index (κ1) is 14.3. The molecule has 1 N–H and O–H groups in total. The standard InChI is InChI=1S/C16H32N2/c1-13(2)18-11-6-8-15(10-12-18)17-16-9-5-4-7-14(16)3/h13-17H,4-12H2,1-3H3. The fourth-order valence-corrected chi connectivity index (χ4v) is 3.67. The van der Waals surface area contributed by atoms with E-state index in [9.17, 15) is 0 Å². The van der Waals surface area contributed by atoms with Crippen molar-refractivity contribution in [2.24, 2.45) is 5.92 Å². The highest BCUT2D eigenvalue weighted by Gasteiger charge is 2.25. The summed E-state index contributed by atoms with van der Waals surface area (Å²) in [7, 11) is 0. The maximum atomic E-state index is 3.98. The van der Waals surface area contributed by atoms with Crippen LogP contribution in [0.15, 0.2) is 0 Å². The number of hydrogen-bond acceptors (Lipinski definition) is 2. The zero-order valence-electron chi connectivity index (χ0n) is 12.6. The van der Waals surface area contributed by atoms with Crippen LogP contribution in [0.4, 0.5) is 0 Å². The molecule has 2 nitrogen and oxygen atoms in total. The van der Waals surface area contributed by atoms with Gasteiger partial charge in [-0.15, -0.1) is 0 Å². The number of nitrogens with zero attached hydrogens (tertiary/aromatic N) is 1. The van der Waals surface area contributed by atoms with Crippen LogP contribution in [0, 0.1) is 5.92 Å². The summed E-state index contributed by atoms with van der Waals surface area (Å²) in [5.41, 5.74) is 0. The average Bonchev–Trinajstić information content (AvgIpc) is 2.58. The maximum absolute atomic E-state index is 3.98. The lowest BCUT2D eigenvalue weighted by molar-refractivity contribution is 0.221. The predicted molar refractivity (Wildman–Crippen MR) is 78.9 cm³/mol. The average molecular weight is 252 g/mol. The van der Waals surface area contributed by atoms with E-state index >= 15 is 0 Å². The molecule has 1 saturated carbocycles. The molecule has 1 aliphatic heterocycles. The van der Waals surface area contributed by atoms with Gasteiger partial charge < -0.3 is 10.2 Å². The number of hydrogen-bond donors (Lipinski definition) is 1. The molecule has 1 saturated heterocycles. The van der Waals surface area contributed by atoms with Crippen LogP contribution in [0.25, 0.3) is 0 Å². The van der Waals surface area contributed by atoms with Gasteiger partial charge in [0.15, 0.2) is 0 Å². The molecule has 3 atom stereocenters. The highest BCUT2D eigenvalue weighted by molar-refractivity contribution is 4.84. The minimum absolute atomic E-state index is 0.720. The molecule has 0 spiro atoms. The van der Waals surface area contributed by atoms with Crippen LogP contribution >= 0.6 is 0 Å². The topological polar surface area (TPSA) is 15.3 Å². The Balaban J connectivity index is 1.79. The third-order valence-electron chi connectivity index (χ3n) is 5.05. The van der Waals surface area contributed by atoms with Gasteiger partial charge in [0.25, 0.3) is 0 Å². The Hall–Kier alpha value is -0.0800. The van der Waals surface area contributed by atoms with Gasteiger partial charge in [-0.25, -0.2) is 0 Å². The van der Waals surface area contributed by atoms with Crippen molar-refractivity contribution in [2.45, 2.75) is 83.8 Å². The molecule has 0 aromatic heterocycles. The molecule has 0 bridgehead atoms. The summed E-state index contributed by atoms with van der Waals surface area (Å²) in [5.74, 6) is 0.892. The molecule has 2 fully saturated rings. The zero-order valence-corrected chi connectivity index (χ0v) is 12.6. The molecule has 2 aliphatic rings. The molecule has 18 heavy (non-hydrogen) atoms. The molecule has 2 rings (SSSR count). The Kier molecular flexibility index (Phi) is 5.50. The van der Waals surface area contributed by atoms with Gasteiger partial charge >= 0.3 is 0 Å². The lowest BCUT2D eigenvalue weighted by atomic mass is 9.85. The van der Waals surface area contributed by atoms with Crippen LogP contribution < -0.4 is 5.32 Å². The Morgan fingerprint density at radius 1 is 0.944 bits per heavy atom. The van der Waals surface area contributed by atoms with E-state index in [1.165, 1.54) is 58.0 Å². The molecule has 1 heterocycles. The largest absolute Gasteiger partial charge is 0.311 e. The SMILES string of the molecule is CC1CCCCC1NC1CCCN(C(C)C)CC1. The normalized spacial score (nSPS) is 35.7. The smallest absolute Gasteiger partial charge is 0.00952 e. The summed E-state index contributed by atoms with van der Waals surface area (Å²) in [6.07, 6.45) is 9.83. The van der Waals surface area contributed by atoms with E-state index in [0.29, 0.717) is 0 Å². The third kappa shape index (κ3) is 3.96. The van der Waals surface area contributed by atoms with Gasteiger partial charge in [-0.2, -0.15) is 0 Å². The third-order valence-corrected chi connectivity index (χ3v) is 5.05. The van der Waals surface area contributed by atoms with Crippen LogP contribution in [-0.2, 0) is 0 Å². The van der Waals surface area contributed by atoms with Gasteiger partial charge in [0.05, 0.1) is 0 Å². The second-order valence-corrected chi connectivity index (χ2v) is 6.79. The summed E-state index contributed by atoms with van der Waals surface area (Å²) in [4.78, 5) is 2.64. The first-order valence-electron chi connectivity index (χ1n) is 8.17. The minimum atomic E-state index is 0.720. The first-order chi connectivity index (χ1) is 8.66. The Bertz CT molecular complexity index is 239. The van der Waals surface area contributed by atoms with Crippen molar-refractivity contribution in [2.75, 3.05) is 13.1 Å². The zero-order chi connectivity index (χ0) is 13.0. The molecular formula is C16H32N2. The molecule has 106 valence electrons. The second-order valence-electron chi connectivity index (χ2n) is 6.79. The summed E-state index contributed by atoms with van der Waals surface area (Å²) < 4.78 is 0. The highest BCUT2D eigenvalue weighted by Crippen LogP contribution is 2.25. The van der Waals surface area contributed by atoms with E-state index in [1.807, 2.05) is 0 Å².